The van der Waals surface area contributed by atoms with Crippen LogP contribution in [0.4, 0.5) is 10.5 Å². The molecule has 21 heavy (non-hydrogen) atoms. The first-order valence-electron chi connectivity index (χ1n) is 6.34. The maximum Gasteiger partial charge on any atom is 0.326 e. The maximum atomic E-state index is 12.3. The Bertz CT molecular complexity index is 573. The Balaban J connectivity index is 3.06. The van der Waals surface area contributed by atoms with Crippen LogP contribution in [-0.4, -0.2) is 46.8 Å². The number of rotatable bonds is 4. The summed E-state index contributed by atoms with van der Waals surface area (Å²) in [7, 11) is 1.37. The van der Waals surface area contributed by atoms with Gasteiger partial charge in [0.2, 0.25) is 0 Å². The van der Waals surface area contributed by atoms with Gasteiger partial charge in [-0.05, 0) is 48.6 Å². The number of imide groups is 1. The zero-order valence-corrected chi connectivity index (χ0v) is 14.2. The van der Waals surface area contributed by atoms with Gasteiger partial charge in [0.15, 0.2) is 0 Å². The van der Waals surface area contributed by atoms with Crippen LogP contribution in [-0.2, 0) is 0 Å². The first-order valence-corrected chi connectivity index (χ1v) is 7.42. The molecule has 0 unspecified atom stereocenters. The molecular weight excluding hydrogens is 389 g/mol. The minimum absolute atomic E-state index is 0.116. The van der Waals surface area contributed by atoms with Gasteiger partial charge in [-0.15, -0.1) is 0 Å². The smallest absolute Gasteiger partial charge is 0.325 e. The van der Waals surface area contributed by atoms with Crippen molar-refractivity contribution < 1.29 is 14.5 Å². The van der Waals surface area contributed by atoms with Gasteiger partial charge >= 0.3 is 6.03 Å². The van der Waals surface area contributed by atoms with Crippen LogP contribution >= 0.6 is 22.6 Å². The molecule has 0 aliphatic heterocycles. The largest absolute Gasteiger partial charge is 0.326 e. The highest BCUT2D eigenvalue weighted by Gasteiger charge is 2.24. The van der Waals surface area contributed by atoms with Crippen molar-refractivity contribution in [2.45, 2.75) is 13.8 Å². The summed E-state index contributed by atoms with van der Waals surface area (Å²) in [4.78, 5) is 37.2. The molecule has 0 radical (unpaired) electrons. The number of halogens is 1. The molecule has 0 fully saturated rings. The van der Waals surface area contributed by atoms with Crippen molar-refractivity contribution in [3.8, 4) is 0 Å². The van der Waals surface area contributed by atoms with E-state index in [9.17, 15) is 19.7 Å². The van der Waals surface area contributed by atoms with Crippen LogP contribution in [0.25, 0.3) is 0 Å². The van der Waals surface area contributed by atoms with E-state index in [1.807, 2.05) is 36.4 Å². The van der Waals surface area contributed by atoms with Gasteiger partial charge in [0, 0.05) is 31.8 Å². The zero-order chi connectivity index (χ0) is 16.2. The molecule has 0 aliphatic carbocycles. The number of carbonyl (C=O) groups is 2. The van der Waals surface area contributed by atoms with Crippen LogP contribution in [0.1, 0.15) is 24.2 Å². The topological polar surface area (TPSA) is 83.8 Å². The van der Waals surface area contributed by atoms with Crippen molar-refractivity contribution in [2.75, 3.05) is 20.1 Å². The van der Waals surface area contributed by atoms with Gasteiger partial charge in [-0.1, -0.05) is 0 Å². The third-order valence-electron chi connectivity index (χ3n) is 3.02. The number of benzene rings is 1. The van der Waals surface area contributed by atoms with E-state index >= 15 is 0 Å². The summed E-state index contributed by atoms with van der Waals surface area (Å²) in [5.74, 6) is -0.564. The van der Waals surface area contributed by atoms with E-state index in [1.165, 1.54) is 30.1 Å². The van der Waals surface area contributed by atoms with Crippen molar-refractivity contribution in [3.63, 3.8) is 0 Å². The molecule has 0 atom stereocenters. The van der Waals surface area contributed by atoms with Crippen LogP contribution in [0.15, 0.2) is 18.2 Å². The number of nitrogens with zero attached hydrogens (tertiary/aromatic N) is 3. The number of amides is 3. The molecule has 7 nitrogen and oxygen atoms in total. The number of hydrogen-bond acceptors (Lipinski definition) is 4. The van der Waals surface area contributed by atoms with E-state index in [0.717, 1.165) is 4.90 Å². The summed E-state index contributed by atoms with van der Waals surface area (Å²) in [6.45, 7) is 4.60. The molecule has 0 bridgehead atoms. The molecule has 0 aromatic heterocycles. The van der Waals surface area contributed by atoms with E-state index < -0.39 is 16.9 Å². The lowest BCUT2D eigenvalue weighted by Crippen LogP contribution is -2.43. The van der Waals surface area contributed by atoms with Gasteiger partial charge < -0.3 is 4.90 Å². The molecule has 8 heteroatoms. The van der Waals surface area contributed by atoms with Crippen LogP contribution in [0.3, 0.4) is 0 Å². The number of nitro groups is 1. The molecular formula is C13H16IN3O4. The first-order chi connectivity index (χ1) is 9.83. The lowest BCUT2D eigenvalue weighted by atomic mass is 10.2. The van der Waals surface area contributed by atoms with E-state index in [0.29, 0.717) is 16.7 Å². The highest BCUT2D eigenvalue weighted by molar-refractivity contribution is 14.1. The Hall–Kier alpha value is -1.71. The summed E-state index contributed by atoms with van der Waals surface area (Å²) >= 11 is 1.83. The normalized spacial score (nSPS) is 10.1. The summed E-state index contributed by atoms with van der Waals surface area (Å²) in [5, 5.41) is 10.9. The zero-order valence-electron chi connectivity index (χ0n) is 12.0. The molecule has 0 aliphatic rings. The fraction of sp³-hybridized carbons (Fsp3) is 0.385. The third kappa shape index (κ3) is 3.90. The summed E-state index contributed by atoms with van der Waals surface area (Å²) in [5.41, 5.74) is -0.0322. The number of nitro benzene ring substituents is 1. The number of hydrogen-bond donors (Lipinski definition) is 0. The molecule has 0 heterocycles. The fourth-order valence-corrected chi connectivity index (χ4v) is 2.30. The molecule has 1 aromatic rings. The minimum Gasteiger partial charge on any atom is -0.325 e. The summed E-state index contributed by atoms with van der Waals surface area (Å²) in [6, 6.07) is 3.73. The van der Waals surface area contributed by atoms with E-state index in [-0.39, 0.29) is 11.3 Å². The second kappa shape index (κ2) is 7.34. The quantitative estimate of drug-likeness (QED) is 0.438. The monoisotopic (exact) mass is 405 g/mol. The predicted molar refractivity (Wildman–Crippen MR) is 86.2 cm³/mol. The minimum atomic E-state index is -0.564. The van der Waals surface area contributed by atoms with Crippen molar-refractivity contribution in [1.82, 2.24) is 9.80 Å². The van der Waals surface area contributed by atoms with E-state index in [1.54, 1.807) is 0 Å². The van der Waals surface area contributed by atoms with Crippen molar-refractivity contribution in [3.05, 3.63) is 37.4 Å². The second-order valence-corrected chi connectivity index (χ2v) is 5.40. The standard InChI is InChI=1S/C13H16IN3O4/c1-4-16(5-2)13(19)15(3)12(18)9-6-7-10(14)11(8-9)17(20)21/h6-8H,4-5H2,1-3H3. The molecule has 0 spiro atoms. The molecule has 3 amide bonds. The predicted octanol–water partition coefficient (Wildman–Crippen LogP) is 2.73. The summed E-state index contributed by atoms with van der Waals surface area (Å²) in [6.07, 6.45) is 0. The number of urea groups is 1. The molecule has 1 aromatic carbocycles. The van der Waals surface area contributed by atoms with Crippen LogP contribution in [0, 0.1) is 13.7 Å². The van der Waals surface area contributed by atoms with Gasteiger partial charge in [-0.25, -0.2) is 4.79 Å². The Morgan fingerprint density at radius 3 is 2.33 bits per heavy atom. The second-order valence-electron chi connectivity index (χ2n) is 4.24. The van der Waals surface area contributed by atoms with E-state index in [2.05, 4.69) is 0 Å². The molecule has 0 saturated carbocycles. The van der Waals surface area contributed by atoms with Gasteiger partial charge in [-0.2, -0.15) is 0 Å². The van der Waals surface area contributed by atoms with Gasteiger partial charge in [0.1, 0.15) is 0 Å². The number of carbonyl (C=O) groups excluding carboxylic acids is 2. The lowest BCUT2D eigenvalue weighted by Gasteiger charge is -2.24. The molecule has 0 saturated heterocycles. The lowest BCUT2D eigenvalue weighted by molar-refractivity contribution is -0.385. The van der Waals surface area contributed by atoms with Crippen LogP contribution in [0.2, 0.25) is 0 Å². The van der Waals surface area contributed by atoms with E-state index in [4.69, 9.17) is 0 Å². The Morgan fingerprint density at radius 1 is 1.29 bits per heavy atom. The van der Waals surface area contributed by atoms with Gasteiger partial charge in [-0.3, -0.25) is 19.8 Å². The molecule has 0 N–H and O–H groups in total. The maximum absolute atomic E-state index is 12.3. The van der Waals surface area contributed by atoms with Crippen LogP contribution in [0.5, 0.6) is 0 Å². The van der Waals surface area contributed by atoms with Crippen molar-refractivity contribution in [2.24, 2.45) is 0 Å². The highest BCUT2D eigenvalue weighted by atomic mass is 127. The average molecular weight is 405 g/mol. The van der Waals surface area contributed by atoms with Gasteiger partial charge in [0.25, 0.3) is 11.6 Å². The summed E-state index contributed by atoms with van der Waals surface area (Å²) < 4.78 is 0.437. The van der Waals surface area contributed by atoms with Crippen molar-refractivity contribution >= 4 is 40.2 Å². The molecule has 114 valence electrons. The molecule has 1 rings (SSSR count). The van der Waals surface area contributed by atoms with Crippen molar-refractivity contribution in [1.29, 1.82) is 0 Å². The highest BCUT2D eigenvalue weighted by Crippen LogP contribution is 2.22. The first kappa shape index (κ1) is 17.3. The van der Waals surface area contributed by atoms with Crippen LogP contribution < -0.4 is 0 Å². The Labute approximate surface area is 136 Å². The Kier molecular flexibility index (Phi) is 6.06. The Morgan fingerprint density at radius 2 is 1.86 bits per heavy atom. The third-order valence-corrected chi connectivity index (χ3v) is 3.93. The van der Waals surface area contributed by atoms with Gasteiger partial charge in [0.05, 0.1) is 8.49 Å². The average Bonchev–Trinajstić information content (AvgIpc) is 2.47. The SMILES string of the molecule is CCN(CC)C(=O)N(C)C(=O)c1ccc(I)c([N+](=O)[O-])c1. The fourth-order valence-electron chi connectivity index (χ4n) is 1.77.